The molecule has 0 spiro atoms. The minimum Gasteiger partial charge on any atom is -0.346 e. The van der Waals surface area contributed by atoms with E-state index in [0.717, 1.165) is 18.4 Å². The van der Waals surface area contributed by atoms with Crippen molar-refractivity contribution in [3.8, 4) is 0 Å². The van der Waals surface area contributed by atoms with E-state index in [0.29, 0.717) is 11.3 Å². The minimum absolute atomic E-state index is 0.0481. The van der Waals surface area contributed by atoms with E-state index in [1.807, 2.05) is 37.3 Å². The Labute approximate surface area is 158 Å². The lowest BCUT2D eigenvalue weighted by Gasteiger charge is -2.15. The number of hydrogen-bond donors (Lipinski definition) is 3. The van der Waals surface area contributed by atoms with Gasteiger partial charge in [-0.3, -0.25) is 9.59 Å². The summed E-state index contributed by atoms with van der Waals surface area (Å²) in [6.07, 6.45) is 1.84. The van der Waals surface area contributed by atoms with Crippen molar-refractivity contribution in [3.05, 3.63) is 65.7 Å². The molecule has 3 rings (SSSR count). The summed E-state index contributed by atoms with van der Waals surface area (Å²) in [4.78, 5) is 24.2. The van der Waals surface area contributed by atoms with E-state index in [4.69, 9.17) is 12.2 Å². The molecule has 26 heavy (non-hydrogen) atoms. The Hall–Kier alpha value is -2.73. The molecule has 0 aromatic heterocycles. The van der Waals surface area contributed by atoms with Crippen LogP contribution in [0, 0.1) is 5.92 Å². The highest BCUT2D eigenvalue weighted by molar-refractivity contribution is 7.80. The number of benzene rings is 2. The van der Waals surface area contributed by atoms with Crippen LogP contribution in [0.2, 0.25) is 0 Å². The van der Waals surface area contributed by atoms with Crippen LogP contribution < -0.4 is 16.0 Å². The Bertz CT molecular complexity index is 819. The van der Waals surface area contributed by atoms with E-state index in [1.165, 1.54) is 0 Å². The summed E-state index contributed by atoms with van der Waals surface area (Å²) < 4.78 is 0. The van der Waals surface area contributed by atoms with Gasteiger partial charge < -0.3 is 16.0 Å². The van der Waals surface area contributed by atoms with Gasteiger partial charge in [-0.15, -0.1) is 0 Å². The zero-order chi connectivity index (χ0) is 18.5. The molecule has 0 radical (unpaired) electrons. The van der Waals surface area contributed by atoms with E-state index < -0.39 is 0 Å². The minimum atomic E-state index is -0.169. The van der Waals surface area contributed by atoms with Crippen LogP contribution in [-0.2, 0) is 4.79 Å². The Morgan fingerprint density at radius 3 is 2.50 bits per heavy atom. The number of carbonyl (C=O) groups excluding carboxylic acids is 2. The SMILES string of the molecule is CC(NC(=O)c1cccc(NC(=S)NC(=O)C2CC2)c1)c1ccccc1. The van der Waals surface area contributed by atoms with E-state index in [9.17, 15) is 9.59 Å². The zero-order valence-electron chi connectivity index (χ0n) is 14.5. The van der Waals surface area contributed by atoms with E-state index in [1.54, 1.807) is 24.3 Å². The Balaban J connectivity index is 1.60. The van der Waals surface area contributed by atoms with E-state index in [2.05, 4.69) is 16.0 Å². The number of anilines is 1. The van der Waals surface area contributed by atoms with Gasteiger partial charge in [0, 0.05) is 17.2 Å². The van der Waals surface area contributed by atoms with Gasteiger partial charge in [0.05, 0.1) is 6.04 Å². The molecular weight excluding hydrogens is 346 g/mol. The van der Waals surface area contributed by atoms with Crippen LogP contribution in [0.25, 0.3) is 0 Å². The second-order valence-corrected chi connectivity index (χ2v) is 6.81. The molecule has 1 unspecified atom stereocenters. The molecule has 1 fully saturated rings. The van der Waals surface area contributed by atoms with Gasteiger partial charge in [-0.25, -0.2) is 0 Å². The standard InChI is InChI=1S/C20H21N3O2S/c1-13(14-6-3-2-4-7-14)21-19(25)16-8-5-9-17(12-16)22-20(26)23-18(24)15-10-11-15/h2-9,12-13,15H,10-11H2,1H3,(H,21,25)(H2,22,23,24,26). The molecule has 6 heteroatoms. The van der Waals surface area contributed by atoms with Gasteiger partial charge in [-0.05, 0) is 55.7 Å². The highest BCUT2D eigenvalue weighted by Crippen LogP contribution is 2.28. The highest BCUT2D eigenvalue weighted by atomic mass is 32.1. The first kappa shape index (κ1) is 18.1. The number of nitrogens with one attached hydrogen (secondary N) is 3. The van der Waals surface area contributed by atoms with Crippen molar-refractivity contribution in [3.63, 3.8) is 0 Å². The molecule has 5 nitrogen and oxygen atoms in total. The molecule has 1 aliphatic carbocycles. The smallest absolute Gasteiger partial charge is 0.251 e. The number of rotatable bonds is 5. The monoisotopic (exact) mass is 367 g/mol. The fraction of sp³-hybridized carbons (Fsp3) is 0.250. The van der Waals surface area contributed by atoms with Crippen LogP contribution in [0.3, 0.4) is 0 Å². The molecule has 3 N–H and O–H groups in total. The van der Waals surface area contributed by atoms with Gasteiger partial charge in [0.2, 0.25) is 5.91 Å². The van der Waals surface area contributed by atoms with Gasteiger partial charge in [-0.1, -0.05) is 36.4 Å². The largest absolute Gasteiger partial charge is 0.346 e. The number of amides is 2. The van der Waals surface area contributed by atoms with Gasteiger partial charge in [-0.2, -0.15) is 0 Å². The summed E-state index contributed by atoms with van der Waals surface area (Å²) in [5, 5.41) is 8.86. The summed E-state index contributed by atoms with van der Waals surface area (Å²) in [5.74, 6) is -0.127. The summed E-state index contributed by atoms with van der Waals surface area (Å²) in [7, 11) is 0. The maximum atomic E-state index is 12.5. The second kappa shape index (κ2) is 8.10. The Kier molecular flexibility index (Phi) is 5.63. The van der Waals surface area contributed by atoms with Crippen molar-refractivity contribution < 1.29 is 9.59 Å². The third kappa shape index (κ3) is 4.89. The molecule has 1 saturated carbocycles. The first-order valence-electron chi connectivity index (χ1n) is 8.60. The summed E-state index contributed by atoms with van der Waals surface area (Å²) in [6, 6.07) is 16.7. The highest BCUT2D eigenvalue weighted by Gasteiger charge is 2.30. The molecule has 2 aromatic carbocycles. The molecule has 0 aliphatic heterocycles. The number of hydrogen-bond acceptors (Lipinski definition) is 3. The van der Waals surface area contributed by atoms with Crippen LogP contribution in [0.1, 0.15) is 41.7 Å². The average molecular weight is 367 g/mol. The molecule has 0 bridgehead atoms. The fourth-order valence-corrected chi connectivity index (χ4v) is 2.78. The van der Waals surface area contributed by atoms with Crippen molar-refractivity contribution in [1.29, 1.82) is 0 Å². The third-order valence-electron chi connectivity index (χ3n) is 4.21. The molecule has 134 valence electrons. The molecule has 2 aromatic rings. The van der Waals surface area contributed by atoms with Gasteiger partial charge in [0.15, 0.2) is 5.11 Å². The van der Waals surface area contributed by atoms with Crippen LogP contribution in [0.5, 0.6) is 0 Å². The summed E-state index contributed by atoms with van der Waals surface area (Å²) in [5.41, 5.74) is 2.22. The fourth-order valence-electron chi connectivity index (χ4n) is 2.57. The molecule has 0 saturated heterocycles. The number of carbonyl (C=O) groups is 2. The van der Waals surface area contributed by atoms with Crippen LogP contribution in [0.15, 0.2) is 54.6 Å². The van der Waals surface area contributed by atoms with Crippen molar-refractivity contribution in [2.45, 2.75) is 25.8 Å². The van der Waals surface area contributed by atoms with Gasteiger partial charge >= 0.3 is 0 Å². The second-order valence-electron chi connectivity index (χ2n) is 6.40. The molecule has 0 heterocycles. The zero-order valence-corrected chi connectivity index (χ0v) is 15.3. The third-order valence-corrected chi connectivity index (χ3v) is 4.42. The molecular formula is C20H21N3O2S. The topological polar surface area (TPSA) is 70.2 Å². The first-order chi connectivity index (χ1) is 12.5. The first-order valence-corrected chi connectivity index (χ1v) is 9.01. The van der Waals surface area contributed by atoms with Gasteiger partial charge in [0.25, 0.3) is 5.91 Å². The predicted molar refractivity (Wildman–Crippen MR) is 106 cm³/mol. The lowest BCUT2D eigenvalue weighted by molar-refractivity contribution is -0.120. The van der Waals surface area contributed by atoms with Gasteiger partial charge in [0.1, 0.15) is 0 Å². The number of thiocarbonyl (C=S) groups is 1. The van der Waals surface area contributed by atoms with Crippen molar-refractivity contribution in [2.24, 2.45) is 5.92 Å². The Morgan fingerprint density at radius 1 is 1.08 bits per heavy atom. The van der Waals surface area contributed by atoms with Crippen LogP contribution in [0.4, 0.5) is 5.69 Å². The molecule has 1 atom stereocenters. The van der Waals surface area contributed by atoms with E-state index in [-0.39, 0.29) is 28.9 Å². The Morgan fingerprint density at radius 2 is 1.81 bits per heavy atom. The molecule has 2 amide bonds. The van der Waals surface area contributed by atoms with Crippen molar-refractivity contribution >= 4 is 34.8 Å². The maximum absolute atomic E-state index is 12.5. The average Bonchev–Trinajstić information content (AvgIpc) is 3.47. The lowest BCUT2D eigenvalue weighted by atomic mass is 10.1. The predicted octanol–water partition coefficient (Wildman–Crippen LogP) is 3.40. The summed E-state index contributed by atoms with van der Waals surface area (Å²) in [6.45, 7) is 1.94. The van der Waals surface area contributed by atoms with E-state index >= 15 is 0 Å². The van der Waals surface area contributed by atoms with Crippen molar-refractivity contribution in [1.82, 2.24) is 10.6 Å². The maximum Gasteiger partial charge on any atom is 0.251 e. The summed E-state index contributed by atoms with van der Waals surface area (Å²) >= 11 is 5.16. The van der Waals surface area contributed by atoms with Crippen molar-refractivity contribution in [2.75, 3.05) is 5.32 Å². The lowest BCUT2D eigenvalue weighted by Crippen LogP contribution is -2.35. The van der Waals surface area contributed by atoms with Crippen LogP contribution >= 0.6 is 12.2 Å². The normalized spacial score (nSPS) is 14.2. The van der Waals surface area contributed by atoms with Crippen LogP contribution in [-0.4, -0.2) is 16.9 Å². The molecule has 1 aliphatic rings. The quantitative estimate of drug-likeness (QED) is 0.709.